The molecule has 0 saturated heterocycles. The van der Waals surface area contributed by atoms with E-state index < -0.39 is 17.7 Å². The Labute approximate surface area is 187 Å². The molecule has 0 bridgehead atoms. The number of allylic oxidation sites excluding steroid dienone is 1. The Balaban J connectivity index is 1.78. The molecule has 0 aliphatic carbocycles. The second kappa shape index (κ2) is 9.92. The number of halogens is 3. The molecule has 0 amide bonds. The number of carbonyl (C=O) groups is 1. The number of methoxy groups -OCH3 is 1. The zero-order valence-electron chi connectivity index (χ0n) is 17.4. The molecule has 0 saturated carbocycles. The Kier molecular flexibility index (Phi) is 7.04. The van der Waals surface area contributed by atoms with E-state index in [1.807, 2.05) is 6.07 Å². The van der Waals surface area contributed by atoms with E-state index in [0.29, 0.717) is 22.6 Å². The molecule has 3 aromatic rings. The second-order valence-electron chi connectivity index (χ2n) is 6.95. The third-order valence-electron chi connectivity index (χ3n) is 4.74. The van der Waals surface area contributed by atoms with Crippen LogP contribution >= 0.6 is 0 Å². The van der Waals surface area contributed by atoms with Gasteiger partial charge in [-0.25, -0.2) is 4.79 Å². The van der Waals surface area contributed by atoms with Crippen LogP contribution < -0.4 is 9.47 Å². The molecular formula is C25H18F3NO4. The van der Waals surface area contributed by atoms with Crippen LogP contribution in [0.3, 0.4) is 0 Å². The third kappa shape index (κ3) is 5.92. The molecule has 0 atom stereocenters. The van der Waals surface area contributed by atoms with Crippen molar-refractivity contribution in [2.24, 2.45) is 0 Å². The van der Waals surface area contributed by atoms with E-state index in [9.17, 15) is 23.2 Å². The maximum atomic E-state index is 12.8. The lowest BCUT2D eigenvalue weighted by molar-refractivity contribution is -0.137. The number of nitrogens with zero attached hydrogens (tertiary/aromatic N) is 1. The maximum absolute atomic E-state index is 12.8. The van der Waals surface area contributed by atoms with Crippen molar-refractivity contribution in [3.63, 3.8) is 0 Å². The monoisotopic (exact) mass is 453 g/mol. The first-order valence-electron chi connectivity index (χ1n) is 9.64. The third-order valence-corrected chi connectivity index (χ3v) is 4.74. The highest BCUT2D eigenvalue weighted by Crippen LogP contribution is 2.32. The lowest BCUT2D eigenvalue weighted by Gasteiger charge is -2.12. The average molecular weight is 453 g/mol. The fourth-order valence-electron chi connectivity index (χ4n) is 2.98. The molecule has 0 aliphatic heterocycles. The van der Waals surface area contributed by atoms with Crippen LogP contribution in [0.5, 0.6) is 11.5 Å². The molecule has 3 rings (SSSR count). The van der Waals surface area contributed by atoms with Crippen LogP contribution in [0.4, 0.5) is 13.2 Å². The Hall–Kier alpha value is -4.25. The lowest BCUT2D eigenvalue weighted by Crippen LogP contribution is -2.04. The molecule has 0 unspecified atom stereocenters. The number of hydrogen-bond donors (Lipinski definition) is 1. The van der Waals surface area contributed by atoms with Crippen molar-refractivity contribution in [1.29, 1.82) is 5.26 Å². The summed E-state index contributed by atoms with van der Waals surface area (Å²) in [7, 11) is 1.46. The van der Waals surface area contributed by atoms with Crippen LogP contribution in [-0.4, -0.2) is 18.2 Å². The Morgan fingerprint density at radius 3 is 2.18 bits per heavy atom. The van der Waals surface area contributed by atoms with E-state index in [-0.39, 0.29) is 17.7 Å². The summed E-state index contributed by atoms with van der Waals surface area (Å²) in [6.07, 6.45) is -2.91. The standard InChI is InChI=1S/C25H18F3NO4/c1-32-23-13-17(12-20(14-29)18-7-9-21(10-8-18)25(26,27)28)4-11-22(23)33-15-16-2-5-19(6-3-16)24(30)31/h2-13H,15H2,1H3,(H,30,31)/b20-12+. The first-order valence-corrected chi connectivity index (χ1v) is 9.64. The maximum Gasteiger partial charge on any atom is 0.416 e. The molecule has 0 aliphatic rings. The Morgan fingerprint density at radius 1 is 1.00 bits per heavy atom. The number of nitriles is 1. The van der Waals surface area contributed by atoms with Crippen molar-refractivity contribution < 1.29 is 32.5 Å². The molecule has 0 fully saturated rings. The zero-order valence-corrected chi connectivity index (χ0v) is 17.4. The summed E-state index contributed by atoms with van der Waals surface area (Å²) in [6.45, 7) is 0.181. The molecular weight excluding hydrogens is 435 g/mol. The largest absolute Gasteiger partial charge is 0.493 e. The van der Waals surface area contributed by atoms with Crippen LogP contribution in [0.15, 0.2) is 66.7 Å². The normalized spacial score (nSPS) is 11.5. The fourth-order valence-corrected chi connectivity index (χ4v) is 2.98. The van der Waals surface area contributed by atoms with E-state index in [1.54, 1.807) is 36.4 Å². The summed E-state index contributed by atoms with van der Waals surface area (Å²) < 4.78 is 49.4. The number of carboxylic acids is 1. The molecule has 5 nitrogen and oxygen atoms in total. The highest BCUT2D eigenvalue weighted by Gasteiger charge is 2.30. The summed E-state index contributed by atoms with van der Waals surface area (Å²) in [5, 5.41) is 18.4. The molecule has 0 radical (unpaired) electrons. The van der Waals surface area contributed by atoms with Crippen molar-refractivity contribution >= 4 is 17.6 Å². The van der Waals surface area contributed by atoms with Crippen molar-refractivity contribution in [3.05, 3.63) is 94.5 Å². The van der Waals surface area contributed by atoms with Gasteiger partial charge in [-0.15, -0.1) is 0 Å². The van der Waals surface area contributed by atoms with Crippen LogP contribution in [-0.2, 0) is 12.8 Å². The number of hydrogen-bond acceptors (Lipinski definition) is 4. The van der Waals surface area contributed by atoms with E-state index in [1.165, 1.54) is 31.4 Å². The first-order chi connectivity index (χ1) is 15.7. The van der Waals surface area contributed by atoms with E-state index in [4.69, 9.17) is 14.6 Å². The minimum atomic E-state index is -4.45. The molecule has 33 heavy (non-hydrogen) atoms. The van der Waals surface area contributed by atoms with Gasteiger partial charge in [0.2, 0.25) is 0 Å². The Morgan fingerprint density at radius 2 is 1.64 bits per heavy atom. The van der Waals surface area contributed by atoms with Crippen LogP contribution in [0, 0.1) is 11.3 Å². The van der Waals surface area contributed by atoms with E-state index >= 15 is 0 Å². The van der Waals surface area contributed by atoms with Gasteiger partial charge in [-0.1, -0.05) is 30.3 Å². The second-order valence-corrected chi connectivity index (χ2v) is 6.95. The zero-order chi connectivity index (χ0) is 24.0. The molecule has 0 aromatic heterocycles. The topological polar surface area (TPSA) is 79.5 Å². The van der Waals surface area contributed by atoms with Crippen molar-refractivity contribution in [2.75, 3.05) is 7.11 Å². The van der Waals surface area contributed by atoms with Gasteiger partial charge >= 0.3 is 12.1 Å². The summed E-state index contributed by atoms with van der Waals surface area (Å²) in [5.74, 6) is -0.179. The van der Waals surface area contributed by atoms with Gasteiger partial charge in [0, 0.05) is 0 Å². The molecule has 8 heteroatoms. The van der Waals surface area contributed by atoms with Crippen LogP contribution in [0.2, 0.25) is 0 Å². The van der Waals surface area contributed by atoms with Gasteiger partial charge in [-0.05, 0) is 59.2 Å². The molecule has 0 heterocycles. The van der Waals surface area contributed by atoms with Gasteiger partial charge < -0.3 is 14.6 Å². The van der Waals surface area contributed by atoms with Gasteiger partial charge in [-0.3, -0.25) is 0 Å². The van der Waals surface area contributed by atoms with Gasteiger partial charge in [0.15, 0.2) is 11.5 Å². The van der Waals surface area contributed by atoms with Gasteiger partial charge in [-0.2, -0.15) is 18.4 Å². The first kappa shape index (κ1) is 23.4. The van der Waals surface area contributed by atoms with E-state index in [0.717, 1.165) is 17.7 Å². The average Bonchev–Trinajstić information content (AvgIpc) is 2.81. The lowest BCUT2D eigenvalue weighted by atomic mass is 10.0. The SMILES string of the molecule is COc1cc(/C=C(\C#N)c2ccc(C(F)(F)F)cc2)ccc1OCc1ccc(C(=O)O)cc1. The molecule has 0 spiro atoms. The van der Waals surface area contributed by atoms with Crippen molar-refractivity contribution in [1.82, 2.24) is 0 Å². The van der Waals surface area contributed by atoms with Crippen molar-refractivity contribution in [3.8, 4) is 17.6 Å². The summed E-state index contributed by atoms with van der Waals surface area (Å²) in [6, 6.07) is 17.6. The number of alkyl halides is 3. The number of carboxylic acid groups (broad SMARTS) is 1. The molecule has 3 aromatic carbocycles. The quantitative estimate of drug-likeness (QED) is 0.348. The minimum Gasteiger partial charge on any atom is -0.493 e. The summed E-state index contributed by atoms with van der Waals surface area (Å²) in [4.78, 5) is 10.9. The predicted octanol–water partition coefficient (Wildman–Crippen LogP) is 6.06. The number of aromatic carboxylic acids is 1. The smallest absolute Gasteiger partial charge is 0.416 e. The predicted molar refractivity (Wildman–Crippen MR) is 116 cm³/mol. The van der Waals surface area contributed by atoms with E-state index in [2.05, 4.69) is 0 Å². The van der Waals surface area contributed by atoms with Crippen LogP contribution in [0.1, 0.15) is 32.6 Å². The van der Waals surface area contributed by atoms with Gasteiger partial charge in [0.1, 0.15) is 6.61 Å². The number of rotatable bonds is 7. The summed E-state index contributed by atoms with van der Waals surface area (Å²) in [5.41, 5.74) is 1.30. The van der Waals surface area contributed by atoms with Crippen LogP contribution in [0.25, 0.3) is 11.6 Å². The van der Waals surface area contributed by atoms with Gasteiger partial charge in [0.05, 0.1) is 29.9 Å². The minimum absolute atomic E-state index is 0.175. The fraction of sp³-hybridized carbons (Fsp3) is 0.120. The van der Waals surface area contributed by atoms with Gasteiger partial charge in [0.25, 0.3) is 0 Å². The number of benzene rings is 3. The number of ether oxygens (including phenoxy) is 2. The molecule has 168 valence electrons. The highest BCUT2D eigenvalue weighted by atomic mass is 19.4. The highest BCUT2D eigenvalue weighted by molar-refractivity contribution is 5.90. The molecule has 1 N–H and O–H groups in total. The Bertz CT molecular complexity index is 1210. The summed E-state index contributed by atoms with van der Waals surface area (Å²) >= 11 is 0. The van der Waals surface area contributed by atoms with Crippen molar-refractivity contribution in [2.45, 2.75) is 12.8 Å².